The minimum Gasteiger partial charge on any atom is -0.319 e. The molecule has 1 N–H and O–H groups in total. The third kappa shape index (κ3) is 2.45. The Morgan fingerprint density at radius 3 is 3.06 bits per heavy atom. The van der Waals surface area contributed by atoms with Crippen LogP contribution in [0.4, 0.5) is 5.69 Å². The van der Waals surface area contributed by atoms with E-state index in [4.69, 9.17) is 0 Å². The van der Waals surface area contributed by atoms with Crippen LogP contribution in [0.3, 0.4) is 0 Å². The van der Waals surface area contributed by atoms with Gasteiger partial charge < -0.3 is 5.32 Å². The number of hydrogen-bond donors (Lipinski definition) is 2. The van der Waals surface area contributed by atoms with Crippen LogP contribution >= 0.6 is 24.0 Å². The molecule has 0 aliphatic rings. The van der Waals surface area contributed by atoms with Crippen LogP contribution in [0, 0.1) is 0 Å². The maximum absolute atomic E-state index is 11.8. The standard InChI is InChI=1S/C10H11N3OS2/c1-2-13-5-7(4-11-13)12-10(14)9-3-8(15)6-16-9/h3-6,15H,2H2,1H3,(H,12,14). The van der Waals surface area contributed by atoms with Gasteiger partial charge in [0.2, 0.25) is 0 Å². The lowest BCUT2D eigenvalue weighted by molar-refractivity contribution is 0.103. The molecule has 2 aromatic heterocycles. The van der Waals surface area contributed by atoms with E-state index in [0.29, 0.717) is 10.6 Å². The third-order valence-electron chi connectivity index (χ3n) is 2.02. The quantitative estimate of drug-likeness (QED) is 0.826. The molecule has 0 aliphatic heterocycles. The van der Waals surface area contributed by atoms with Crippen LogP contribution in [-0.4, -0.2) is 15.7 Å². The molecule has 0 saturated heterocycles. The lowest BCUT2D eigenvalue weighted by Gasteiger charge is -1.98. The highest BCUT2D eigenvalue weighted by Gasteiger charge is 2.09. The zero-order chi connectivity index (χ0) is 11.5. The number of nitrogens with one attached hydrogen (secondary N) is 1. The number of hydrogen-bond acceptors (Lipinski definition) is 4. The van der Waals surface area contributed by atoms with Crippen LogP contribution in [0.25, 0.3) is 0 Å². The first-order chi connectivity index (χ1) is 7.69. The lowest BCUT2D eigenvalue weighted by Crippen LogP contribution is -2.09. The van der Waals surface area contributed by atoms with Gasteiger partial charge in [-0.25, -0.2) is 0 Å². The molecule has 0 atom stereocenters. The highest BCUT2D eigenvalue weighted by atomic mass is 32.1. The Balaban J connectivity index is 2.07. The van der Waals surface area contributed by atoms with E-state index in [2.05, 4.69) is 23.0 Å². The molecule has 0 aromatic carbocycles. The Kier molecular flexibility index (Phi) is 3.31. The first kappa shape index (κ1) is 11.2. The summed E-state index contributed by atoms with van der Waals surface area (Å²) in [5.41, 5.74) is 0.709. The van der Waals surface area contributed by atoms with Crippen molar-refractivity contribution in [2.75, 3.05) is 5.32 Å². The Hall–Kier alpha value is -1.27. The van der Waals surface area contributed by atoms with Gasteiger partial charge in [-0.1, -0.05) is 0 Å². The van der Waals surface area contributed by atoms with Gasteiger partial charge in [0, 0.05) is 23.0 Å². The second-order valence-electron chi connectivity index (χ2n) is 3.21. The van der Waals surface area contributed by atoms with Crippen molar-refractivity contribution in [1.82, 2.24) is 9.78 Å². The summed E-state index contributed by atoms with van der Waals surface area (Å²) in [7, 11) is 0. The van der Waals surface area contributed by atoms with Gasteiger partial charge in [0.05, 0.1) is 16.8 Å². The number of carbonyl (C=O) groups excluding carboxylic acids is 1. The molecule has 0 bridgehead atoms. The predicted octanol–water partition coefficient (Wildman–Crippen LogP) is 2.51. The fourth-order valence-electron chi connectivity index (χ4n) is 1.24. The van der Waals surface area contributed by atoms with Gasteiger partial charge in [-0.15, -0.1) is 24.0 Å². The zero-order valence-corrected chi connectivity index (χ0v) is 10.4. The monoisotopic (exact) mass is 253 g/mol. The summed E-state index contributed by atoms with van der Waals surface area (Å²) in [5.74, 6) is -0.124. The summed E-state index contributed by atoms with van der Waals surface area (Å²) in [6.07, 6.45) is 3.43. The van der Waals surface area contributed by atoms with Crippen LogP contribution in [0.15, 0.2) is 28.7 Å². The van der Waals surface area contributed by atoms with Gasteiger partial charge in [0.25, 0.3) is 5.91 Å². The largest absolute Gasteiger partial charge is 0.319 e. The van der Waals surface area contributed by atoms with Crippen molar-refractivity contribution in [2.24, 2.45) is 0 Å². The van der Waals surface area contributed by atoms with Gasteiger partial charge in [-0.05, 0) is 13.0 Å². The minimum absolute atomic E-state index is 0.124. The Labute approximate surface area is 103 Å². The van der Waals surface area contributed by atoms with Crippen LogP contribution < -0.4 is 5.32 Å². The topological polar surface area (TPSA) is 46.9 Å². The van der Waals surface area contributed by atoms with Gasteiger partial charge in [0.15, 0.2) is 0 Å². The molecule has 4 nitrogen and oxygen atoms in total. The van der Waals surface area contributed by atoms with Crippen LogP contribution in [0.2, 0.25) is 0 Å². The van der Waals surface area contributed by atoms with E-state index in [1.54, 1.807) is 23.1 Å². The van der Waals surface area contributed by atoms with Crippen LogP contribution in [0.5, 0.6) is 0 Å². The number of amides is 1. The molecule has 6 heteroatoms. The summed E-state index contributed by atoms with van der Waals surface area (Å²) < 4.78 is 1.76. The summed E-state index contributed by atoms with van der Waals surface area (Å²) in [6, 6.07) is 1.74. The van der Waals surface area contributed by atoms with Crippen molar-refractivity contribution in [1.29, 1.82) is 0 Å². The first-order valence-electron chi connectivity index (χ1n) is 4.80. The van der Waals surface area contributed by atoms with E-state index >= 15 is 0 Å². The molecule has 0 spiro atoms. The average Bonchev–Trinajstić information content (AvgIpc) is 2.87. The molecule has 16 heavy (non-hydrogen) atoms. The molecule has 2 heterocycles. The maximum atomic E-state index is 11.8. The smallest absolute Gasteiger partial charge is 0.265 e. The van der Waals surface area contributed by atoms with Crippen LogP contribution in [0.1, 0.15) is 16.6 Å². The van der Waals surface area contributed by atoms with E-state index < -0.39 is 0 Å². The molecule has 0 radical (unpaired) electrons. The summed E-state index contributed by atoms with van der Waals surface area (Å²) in [4.78, 5) is 13.2. The number of aromatic nitrogens is 2. The van der Waals surface area contributed by atoms with Gasteiger partial charge >= 0.3 is 0 Å². The number of carbonyl (C=O) groups is 1. The maximum Gasteiger partial charge on any atom is 0.265 e. The number of anilines is 1. The average molecular weight is 253 g/mol. The number of thiol groups is 1. The van der Waals surface area contributed by atoms with Gasteiger partial charge in [-0.3, -0.25) is 9.48 Å². The minimum atomic E-state index is -0.124. The van der Waals surface area contributed by atoms with Crippen molar-refractivity contribution in [3.05, 3.63) is 28.7 Å². The Morgan fingerprint density at radius 2 is 2.50 bits per heavy atom. The molecule has 1 amide bonds. The van der Waals surface area contributed by atoms with E-state index in [9.17, 15) is 4.79 Å². The first-order valence-corrected chi connectivity index (χ1v) is 6.13. The Morgan fingerprint density at radius 1 is 1.69 bits per heavy atom. The number of thiophene rings is 1. The molecule has 84 valence electrons. The molecule has 2 aromatic rings. The molecule has 0 saturated carbocycles. The van der Waals surface area contributed by atoms with Crippen molar-refractivity contribution in [3.63, 3.8) is 0 Å². The fraction of sp³-hybridized carbons (Fsp3) is 0.200. The lowest BCUT2D eigenvalue weighted by atomic mass is 10.4. The van der Waals surface area contributed by atoms with E-state index in [-0.39, 0.29) is 5.91 Å². The van der Waals surface area contributed by atoms with Crippen LogP contribution in [-0.2, 0) is 6.54 Å². The van der Waals surface area contributed by atoms with Gasteiger partial charge in [0.1, 0.15) is 0 Å². The molecule has 0 aliphatic carbocycles. The SMILES string of the molecule is CCn1cc(NC(=O)c2cc(S)cs2)cn1. The van der Waals surface area contributed by atoms with Crippen molar-refractivity contribution >= 4 is 35.6 Å². The van der Waals surface area contributed by atoms with E-state index in [1.165, 1.54) is 11.3 Å². The molecule has 0 unspecified atom stereocenters. The predicted molar refractivity (Wildman–Crippen MR) is 67.4 cm³/mol. The summed E-state index contributed by atoms with van der Waals surface area (Å²) >= 11 is 5.53. The fourth-order valence-corrected chi connectivity index (χ4v) is 2.28. The number of rotatable bonds is 3. The summed E-state index contributed by atoms with van der Waals surface area (Å²) in [5, 5.41) is 8.68. The zero-order valence-electron chi connectivity index (χ0n) is 8.67. The Bertz CT molecular complexity index is 504. The molecule has 0 fully saturated rings. The highest BCUT2D eigenvalue weighted by Crippen LogP contribution is 2.18. The highest BCUT2D eigenvalue weighted by molar-refractivity contribution is 7.80. The normalized spacial score (nSPS) is 10.4. The van der Waals surface area contributed by atoms with Crippen molar-refractivity contribution < 1.29 is 4.79 Å². The number of aryl methyl sites for hydroxylation is 1. The molecule has 2 rings (SSSR count). The molecular formula is C10H11N3OS2. The van der Waals surface area contributed by atoms with E-state index in [0.717, 1.165) is 11.4 Å². The molecular weight excluding hydrogens is 242 g/mol. The van der Waals surface area contributed by atoms with Crippen molar-refractivity contribution in [3.8, 4) is 0 Å². The summed E-state index contributed by atoms with van der Waals surface area (Å²) in [6.45, 7) is 2.78. The van der Waals surface area contributed by atoms with E-state index in [1.807, 2.05) is 12.3 Å². The van der Waals surface area contributed by atoms with Gasteiger partial charge in [-0.2, -0.15) is 5.10 Å². The number of nitrogens with zero attached hydrogens (tertiary/aromatic N) is 2. The second-order valence-corrected chi connectivity index (χ2v) is 4.64. The second kappa shape index (κ2) is 4.71. The third-order valence-corrected chi connectivity index (χ3v) is 3.39. The van der Waals surface area contributed by atoms with Crippen molar-refractivity contribution in [2.45, 2.75) is 18.4 Å².